The zero-order valence-corrected chi connectivity index (χ0v) is 18.3. The number of anilines is 1. The van der Waals surface area contributed by atoms with Gasteiger partial charge in [-0.25, -0.2) is 4.98 Å². The summed E-state index contributed by atoms with van der Waals surface area (Å²) in [7, 11) is 0. The van der Waals surface area contributed by atoms with E-state index in [1.165, 1.54) is 5.56 Å². The van der Waals surface area contributed by atoms with Gasteiger partial charge >= 0.3 is 0 Å². The van der Waals surface area contributed by atoms with E-state index in [0.717, 1.165) is 36.3 Å². The standard InChI is InChI=1S/C26H29N3O2/c1-17(2)27-26(31)23-12-8-14-29(23)25-16-19(20-10-5-4-9-18(20)3)15-22(28-25)21-11-6-7-13-24(21)30/h4-7,9-11,13,15-17,23,30H,8,12,14H2,1-3H3,(H,27,31)/t23-/m0/s1. The zero-order valence-electron chi connectivity index (χ0n) is 18.3. The van der Waals surface area contributed by atoms with Crippen molar-refractivity contribution in [1.82, 2.24) is 10.3 Å². The Bertz CT molecular complexity index is 1030. The molecule has 2 aromatic carbocycles. The van der Waals surface area contributed by atoms with Crippen molar-refractivity contribution in [3.63, 3.8) is 0 Å². The number of rotatable bonds is 5. The molecule has 5 heteroatoms. The molecule has 1 aliphatic heterocycles. The average molecular weight is 416 g/mol. The van der Waals surface area contributed by atoms with E-state index in [0.29, 0.717) is 11.3 Å². The van der Waals surface area contributed by atoms with Crippen LogP contribution in [0.25, 0.3) is 22.4 Å². The lowest BCUT2D eigenvalue weighted by Gasteiger charge is -2.27. The molecule has 4 rings (SSSR count). The average Bonchev–Trinajstić information content (AvgIpc) is 3.24. The molecule has 1 fully saturated rings. The van der Waals surface area contributed by atoms with Crippen LogP contribution in [0.1, 0.15) is 32.3 Å². The third-order valence-electron chi connectivity index (χ3n) is 5.73. The van der Waals surface area contributed by atoms with Crippen molar-refractivity contribution in [2.24, 2.45) is 0 Å². The highest BCUT2D eigenvalue weighted by molar-refractivity contribution is 5.86. The number of phenols is 1. The van der Waals surface area contributed by atoms with Crippen LogP contribution >= 0.6 is 0 Å². The summed E-state index contributed by atoms with van der Waals surface area (Å²) in [5.74, 6) is 0.999. The third kappa shape index (κ3) is 4.41. The van der Waals surface area contributed by atoms with Gasteiger partial charge in [-0.1, -0.05) is 36.4 Å². The summed E-state index contributed by atoms with van der Waals surface area (Å²) >= 11 is 0. The van der Waals surface area contributed by atoms with Gasteiger partial charge in [0, 0.05) is 18.2 Å². The van der Waals surface area contributed by atoms with Gasteiger partial charge in [0.15, 0.2) is 0 Å². The van der Waals surface area contributed by atoms with Crippen LogP contribution in [-0.4, -0.2) is 34.6 Å². The highest BCUT2D eigenvalue weighted by Crippen LogP contribution is 2.36. The van der Waals surface area contributed by atoms with Gasteiger partial charge < -0.3 is 15.3 Å². The molecule has 160 valence electrons. The van der Waals surface area contributed by atoms with Crippen LogP contribution in [0.5, 0.6) is 5.75 Å². The maximum atomic E-state index is 12.8. The van der Waals surface area contributed by atoms with E-state index in [2.05, 4.69) is 35.3 Å². The summed E-state index contributed by atoms with van der Waals surface area (Å²) in [6.07, 6.45) is 1.75. The number of pyridine rings is 1. The van der Waals surface area contributed by atoms with E-state index in [-0.39, 0.29) is 23.7 Å². The molecule has 0 aliphatic carbocycles. The van der Waals surface area contributed by atoms with Crippen molar-refractivity contribution in [3.8, 4) is 28.1 Å². The Morgan fingerprint density at radius 2 is 1.81 bits per heavy atom. The van der Waals surface area contributed by atoms with E-state index in [9.17, 15) is 9.90 Å². The Labute approximate surface area is 183 Å². The highest BCUT2D eigenvalue weighted by Gasteiger charge is 2.32. The van der Waals surface area contributed by atoms with Crippen LogP contribution in [-0.2, 0) is 4.79 Å². The Hall–Kier alpha value is -3.34. The van der Waals surface area contributed by atoms with Gasteiger partial charge in [-0.05, 0) is 74.6 Å². The molecule has 0 bridgehead atoms. The molecule has 0 unspecified atom stereocenters. The molecule has 3 aromatic rings. The number of carbonyl (C=O) groups excluding carboxylic acids is 1. The van der Waals surface area contributed by atoms with Gasteiger partial charge in [0.2, 0.25) is 5.91 Å². The smallest absolute Gasteiger partial charge is 0.242 e. The lowest BCUT2D eigenvalue weighted by molar-refractivity contribution is -0.122. The minimum atomic E-state index is -0.237. The normalized spacial score (nSPS) is 16.0. The van der Waals surface area contributed by atoms with Crippen molar-refractivity contribution < 1.29 is 9.90 Å². The Morgan fingerprint density at radius 3 is 2.52 bits per heavy atom. The molecule has 0 saturated carbocycles. The van der Waals surface area contributed by atoms with Crippen LogP contribution in [0.3, 0.4) is 0 Å². The molecule has 5 nitrogen and oxygen atoms in total. The van der Waals surface area contributed by atoms with E-state index >= 15 is 0 Å². The summed E-state index contributed by atoms with van der Waals surface area (Å²) in [6.45, 7) is 6.82. The summed E-state index contributed by atoms with van der Waals surface area (Å²) < 4.78 is 0. The Kier molecular flexibility index (Phi) is 5.94. The number of aryl methyl sites for hydroxylation is 1. The number of hydrogen-bond donors (Lipinski definition) is 2. The van der Waals surface area contributed by atoms with Gasteiger partial charge in [-0.3, -0.25) is 4.79 Å². The molecular formula is C26H29N3O2. The SMILES string of the molecule is Cc1ccccc1-c1cc(-c2ccccc2O)nc(N2CCC[C@H]2C(=O)NC(C)C)c1. The van der Waals surface area contributed by atoms with Crippen LogP contribution in [0.15, 0.2) is 60.7 Å². The van der Waals surface area contributed by atoms with Crippen molar-refractivity contribution in [3.05, 3.63) is 66.2 Å². The fourth-order valence-electron chi connectivity index (χ4n) is 4.24. The minimum Gasteiger partial charge on any atom is -0.507 e. The van der Waals surface area contributed by atoms with Gasteiger partial charge in [0.05, 0.1) is 5.69 Å². The number of phenolic OH excluding ortho intramolecular Hbond substituents is 1. The molecular weight excluding hydrogens is 386 g/mol. The van der Waals surface area contributed by atoms with E-state index < -0.39 is 0 Å². The number of aromatic hydroxyl groups is 1. The van der Waals surface area contributed by atoms with E-state index in [1.807, 2.05) is 44.2 Å². The topological polar surface area (TPSA) is 65.5 Å². The monoisotopic (exact) mass is 415 g/mol. The van der Waals surface area contributed by atoms with Crippen molar-refractivity contribution in [2.45, 2.75) is 45.7 Å². The summed E-state index contributed by atoms with van der Waals surface area (Å²) in [5, 5.41) is 13.5. The van der Waals surface area contributed by atoms with E-state index in [4.69, 9.17) is 4.98 Å². The molecule has 1 aliphatic rings. The van der Waals surface area contributed by atoms with Gasteiger partial charge in [0.25, 0.3) is 0 Å². The molecule has 0 radical (unpaired) electrons. The van der Waals surface area contributed by atoms with Crippen LogP contribution < -0.4 is 10.2 Å². The molecule has 1 saturated heterocycles. The Balaban J connectivity index is 1.83. The number of carbonyl (C=O) groups is 1. The first-order chi connectivity index (χ1) is 14.9. The number of nitrogens with one attached hydrogen (secondary N) is 1. The number of benzene rings is 2. The molecule has 2 heterocycles. The molecule has 31 heavy (non-hydrogen) atoms. The first-order valence-electron chi connectivity index (χ1n) is 10.9. The minimum absolute atomic E-state index is 0.0414. The lowest BCUT2D eigenvalue weighted by Crippen LogP contribution is -2.45. The quantitative estimate of drug-likeness (QED) is 0.621. The third-order valence-corrected chi connectivity index (χ3v) is 5.73. The number of para-hydroxylation sites is 1. The fourth-order valence-corrected chi connectivity index (χ4v) is 4.24. The lowest BCUT2D eigenvalue weighted by atomic mass is 9.98. The van der Waals surface area contributed by atoms with Gasteiger partial charge in [0.1, 0.15) is 17.6 Å². The Morgan fingerprint density at radius 1 is 1.10 bits per heavy atom. The number of aromatic nitrogens is 1. The molecule has 1 aromatic heterocycles. The summed E-state index contributed by atoms with van der Waals surface area (Å²) in [5.41, 5.74) is 4.69. The second-order valence-electron chi connectivity index (χ2n) is 8.45. The van der Waals surface area contributed by atoms with E-state index in [1.54, 1.807) is 12.1 Å². The van der Waals surface area contributed by atoms with Crippen molar-refractivity contribution >= 4 is 11.7 Å². The molecule has 1 atom stereocenters. The van der Waals surface area contributed by atoms with Gasteiger partial charge in [-0.15, -0.1) is 0 Å². The fraction of sp³-hybridized carbons (Fsp3) is 0.308. The first-order valence-corrected chi connectivity index (χ1v) is 10.9. The predicted octanol–water partition coefficient (Wildman–Crippen LogP) is 4.92. The second-order valence-corrected chi connectivity index (χ2v) is 8.45. The zero-order chi connectivity index (χ0) is 22.0. The predicted molar refractivity (Wildman–Crippen MR) is 125 cm³/mol. The maximum absolute atomic E-state index is 12.8. The number of hydrogen-bond acceptors (Lipinski definition) is 4. The summed E-state index contributed by atoms with van der Waals surface area (Å²) in [6, 6.07) is 19.4. The van der Waals surface area contributed by atoms with Crippen LogP contribution in [0, 0.1) is 6.92 Å². The largest absolute Gasteiger partial charge is 0.507 e. The molecule has 2 N–H and O–H groups in total. The molecule has 0 spiro atoms. The van der Waals surface area contributed by atoms with Crippen molar-refractivity contribution in [2.75, 3.05) is 11.4 Å². The number of amides is 1. The van der Waals surface area contributed by atoms with Crippen LogP contribution in [0.2, 0.25) is 0 Å². The van der Waals surface area contributed by atoms with Gasteiger partial charge in [-0.2, -0.15) is 0 Å². The number of nitrogens with zero attached hydrogens (tertiary/aromatic N) is 2. The molecule has 1 amide bonds. The van der Waals surface area contributed by atoms with Crippen LogP contribution in [0.4, 0.5) is 5.82 Å². The maximum Gasteiger partial charge on any atom is 0.242 e. The van der Waals surface area contributed by atoms with Crippen molar-refractivity contribution in [1.29, 1.82) is 0 Å². The summed E-state index contributed by atoms with van der Waals surface area (Å²) in [4.78, 5) is 19.8. The second kappa shape index (κ2) is 8.80. The highest BCUT2D eigenvalue weighted by atomic mass is 16.3. The first kappa shape index (κ1) is 20.9.